The lowest BCUT2D eigenvalue weighted by molar-refractivity contribution is 0.684. The zero-order valence-corrected chi connectivity index (χ0v) is 10.8. The Bertz CT molecular complexity index is 352. The van der Waals surface area contributed by atoms with E-state index in [1.807, 2.05) is 36.9 Å². The number of aryl methyl sites for hydroxylation is 1. The van der Waals surface area contributed by atoms with Gasteiger partial charge in [-0.15, -0.1) is 0 Å². The molecule has 0 saturated carbocycles. The van der Waals surface area contributed by atoms with Gasteiger partial charge in [-0.05, 0) is 30.4 Å². The van der Waals surface area contributed by atoms with Crippen molar-refractivity contribution in [2.75, 3.05) is 23.0 Å². The van der Waals surface area contributed by atoms with Crippen molar-refractivity contribution in [2.24, 2.45) is 0 Å². The van der Waals surface area contributed by atoms with Crippen LogP contribution in [0.15, 0.2) is 23.1 Å². The van der Waals surface area contributed by atoms with Crippen LogP contribution in [0, 0.1) is 6.92 Å². The molecule has 0 heterocycles. The van der Waals surface area contributed by atoms with Crippen LogP contribution in [0.3, 0.4) is 0 Å². The third-order valence-electron chi connectivity index (χ3n) is 2.03. The summed E-state index contributed by atoms with van der Waals surface area (Å²) in [7, 11) is -0.953. The molecular formula is C11H17NOS2. The first kappa shape index (κ1) is 12.6. The quantitative estimate of drug-likeness (QED) is 0.638. The summed E-state index contributed by atoms with van der Waals surface area (Å²) in [5, 5.41) is 0. The third-order valence-corrected chi connectivity index (χ3v) is 4.61. The summed E-state index contributed by atoms with van der Waals surface area (Å²) in [6.07, 6.45) is 0. The summed E-state index contributed by atoms with van der Waals surface area (Å²) in [6.45, 7) is 4.09. The maximum absolute atomic E-state index is 11.9. The highest BCUT2D eigenvalue weighted by atomic mass is 32.2. The van der Waals surface area contributed by atoms with Gasteiger partial charge in [-0.25, -0.2) is 0 Å². The van der Waals surface area contributed by atoms with E-state index in [-0.39, 0.29) is 0 Å². The topological polar surface area (TPSA) is 43.1 Å². The lowest BCUT2D eigenvalue weighted by atomic mass is 10.2. The normalized spacial score (nSPS) is 12.7. The minimum absolute atomic E-state index is 0.639. The fraction of sp³-hybridized carbons (Fsp3) is 0.455. The highest BCUT2D eigenvalue weighted by molar-refractivity contribution is 8.00. The molecule has 1 aromatic rings. The Balaban J connectivity index is 2.68. The van der Waals surface area contributed by atoms with Crippen LogP contribution >= 0.6 is 11.8 Å². The second-order valence-electron chi connectivity index (χ2n) is 3.29. The van der Waals surface area contributed by atoms with Gasteiger partial charge >= 0.3 is 0 Å². The fourth-order valence-electron chi connectivity index (χ4n) is 1.23. The molecule has 15 heavy (non-hydrogen) atoms. The average molecular weight is 243 g/mol. The molecule has 1 unspecified atom stereocenters. The van der Waals surface area contributed by atoms with Gasteiger partial charge in [0.15, 0.2) is 0 Å². The molecule has 0 fully saturated rings. The number of rotatable bonds is 5. The molecule has 0 aromatic heterocycles. The van der Waals surface area contributed by atoms with Gasteiger partial charge in [0.05, 0.1) is 15.7 Å². The van der Waals surface area contributed by atoms with E-state index in [2.05, 4.69) is 6.92 Å². The van der Waals surface area contributed by atoms with Gasteiger partial charge in [0.2, 0.25) is 0 Å². The lowest BCUT2D eigenvalue weighted by Gasteiger charge is -2.06. The molecular weight excluding hydrogens is 226 g/mol. The van der Waals surface area contributed by atoms with Crippen LogP contribution in [0.2, 0.25) is 0 Å². The second-order valence-corrected chi connectivity index (χ2v) is 6.22. The van der Waals surface area contributed by atoms with Gasteiger partial charge in [0.25, 0.3) is 0 Å². The van der Waals surface area contributed by atoms with E-state index in [9.17, 15) is 4.21 Å². The van der Waals surface area contributed by atoms with Crippen LogP contribution in [-0.2, 0) is 10.8 Å². The molecule has 1 rings (SSSR count). The van der Waals surface area contributed by atoms with Gasteiger partial charge in [-0.2, -0.15) is 11.8 Å². The molecule has 0 radical (unpaired) electrons. The van der Waals surface area contributed by atoms with E-state index in [4.69, 9.17) is 5.73 Å². The monoisotopic (exact) mass is 243 g/mol. The molecule has 0 amide bonds. The van der Waals surface area contributed by atoms with Crippen LogP contribution in [0.4, 0.5) is 5.69 Å². The van der Waals surface area contributed by atoms with Crippen molar-refractivity contribution in [3.8, 4) is 0 Å². The van der Waals surface area contributed by atoms with E-state index in [0.29, 0.717) is 11.4 Å². The molecule has 1 aromatic carbocycles. The maximum Gasteiger partial charge on any atom is 0.0620 e. The Morgan fingerprint density at radius 3 is 2.87 bits per heavy atom. The van der Waals surface area contributed by atoms with Crippen molar-refractivity contribution in [2.45, 2.75) is 18.7 Å². The molecule has 0 bridgehead atoms. The summed E-state index contributed by atoms with van der Waals surface area (Å²) in [6, 6.07) is 5.69. The van der Waals surface area contributed by atoms with E-state index in [1.54, 1.807) is 0 Å². The minimum atomic E-state index is -0.953. The number of thioether (sulfide) groups is 1. The number of hydrogen-bond acceptors (Lipinski definition) is 3. The van der Waals surface area contributed by atoms with Crippen LogP contribution in [0.25, 0.3) is 0 Å². The SMILES string of the molecule is CCSCCS(=O)c1cc(C)ccc1N. The van der Waals surface area contributed by atoms with E-state index < -0.39 is 10.8 Å². The predicted octanol–water partition coefficient (Wildman–Crippen LogP) is 2.44. The maximum atomic E-state index is 11.9. The van der Waals surface area contributed by atoms with E-state index >= 15 is 0 Å². The van der Waals surface area contributed by atoms with Crippen molar-refractivity contribution in [1.82, 2.24) is 0 Å². The van der Waals surface area contributed by atoms with Crippen LogP contribution in [0.5, 0.6) is 0 Å². The summed E-state index contributed by atoms with van der Waals surface area (Å²) in [4.78, 5) is 0.784. The van der Waals surface area contributed by atoms with Gasteiger partial charge in [0, 0.05) is 17.2 Å². The molecule has 0 saturated heterocycles. The van der Waals surface area contributed by atoms with Crippen LogP contribution < -0.4 is 5.73 Å². The number of hydrogen-bond donors (Lipinski definition) is 1. The smallest absolute Gasteiger partial charge is 0.0620 e. The zero-order chi connectivity index (χ0) is 11.3. The number of nitrogens with two attached hydrogens (primary N) is 1. The lowest BCUT2D eigenvalue weighted by Crippen LogP contribution is -2.04. The van der Waals surface area contributed by atoms with Crippen molar-refractivity contribution in [1.29, 1.82) is 0 Å². The highest BCUT2D eigenvalue weighted by Gasteiger charge is 2.07. The summed E-state index contributed by atoms with van der Waals surface area (Å²) >= 11 is 1.81. The predicted molar refractivity (Wildman–Crippen MR) is 69.9 cm³/mol. The van der Waals surface area contributed by atoms with Crippen molar-refractivity contribution >= 4 is 28.2 Å². The Morgan fingerprint density at radius 2 is 2.20 bits per heavy atom. The fourth-order valence-corrected chi connectivity index (χ4v) is 3.46. The molecule has 0 aliphatic heterocycles. The largest absolute Gasteiger partial charge is 0.398 e. The van der Waals surface area contributed by atoms with Crippen molar-refractivity contribution in [3.05, 3.63) is 23.8 Å². The zero-order valence-electron chi connectivity index (χ0n) is 9.16. The standard InChI is InChI=1S/C11H17NOS2/c1-3-14-6-7-15(13)11-8-9(2)4-5-10(11)12/h4-5,8H,3,6-7,12H2,1-2H3. The summed E-state index contributed by atoms with van der Waals surface area (Å²) in [5.41, 5.74) is 7.54. The van der Waals surface area contributed by atoms with Crippen molar-refractivity contribution in [3.63, 3.8) is 0 Å². The molecule has 0 aliphatic rings. The average Bonchev–Trinajstić information content (AvgIpc) is 2.22. The van der Waals surface area contributed by atoms with E-state index in [0.717, 1.165) is 22.0 Å². The Hall–Kier alpha value is -0.480. The Morgan fingerprint density at radius 1 is 1.47 bits per heavy atom. The first-order chi connectivity index (χ1) is 7.15. The number of nitrogen functional groups attached to an aromatic ring is 1. The third kappa shape index (κ3) is 3.87. The van der Waals surface area contributed by atoms with Gasteiger partial charge in [-0.3, -0.25) is 4.21 Å². The first-order valence-corrected chi connectivity index (χ1v) is 7.44. The van der Waals surface area contributed by atoms with Crippen LogP contribution in [0.1, 0.15) is 12.5 Å². The molecule has 2 N–H and O–H groups in total. The molecule has 1 atom stereocenters. The Labute approximate surface area is 98.1 Å². The first-order valence-electron chi connectivity index (χ1n) is 4.97. The molecule has 4 heteroatoms. The molecule has 0 aliphatic carbocycles. The summed E-state index contributed by atoms with van der Waals surface area (Å²) in [5.74, 6) is 2.68. The number of benzene rings is 1. The highest BCUT2D eigenvalue weighted by Crippen LogP contribution is 2.18. The second kappa shape index (κ2) is 6.18. The molecule has 2 nitrogen and oxygen atoms in total. The number of anilines is 1. The Kier molecular flexibility index (Phi) is 5.19. The van der Waals surface area contributed by atoms with Gasteiger partial charge in [0.1, 0.15) is 0 Å². The van der Waals surface area contributed by atoms with E-state index in [1.165, 1.54) is 0 Å². The van der Waals surface area contributed by atoms with Crippen molar-refractivity contribution < 1.29 is 4.21 Å². The molecule has 84 valence electrons. The summed E-state index contributed by atoms with van der Waals surface area (Å²) < 4.78 is 11.9. The minimum Gasteiger partial charge on any atom is -0.398 e. The van der Waals surface area contributed by atoms with Gasteiger partial charge < -0.3 is 5.73 Å². The molecule has 0 spiro atoms. The van der Waals surface area contributed by atoms with Gasteiger partial charge in [-0.1, -0.05) is 13.0 Å². The van der Waals surface area contributed by atoms with Crippen LogP contribution in [-0.4, -0.2) is 21.5 Å².